The molecule has 0 unspecified atom stereocenters. The van der Waals surface area contributed by atoms with Gasteiger partial charge in [0.05, 0.1) is 0 Å². The molecule has 2 N–H and O–H groups in total. The number of hydrogen-bond acceptors (Lipinski definition) is 2. The summed E-state index contributed by atoms with van der Waals surface area (Å²) in [5.41, 5.74) is 1.09. The van der Waals surface area contributed by atoms with Gasteiger partial charge in [0.1, 0.15) is 0 Å². The number of methoxy groups -OCH3 is 1. The summed E-state index contributed by atoms with van der Waals surface area (Å²) < 4.78 is 4.86. The molecule has 0 fully saturated rings. The topological polar surface area (TPSA) is 54.1 Å². The molecule has 1 amide bonds. The van der Waals surface area contributed by atoms with Crippen LogP contribution >= 0.6 is 0 Å². The molecule has 0 bridgehead atoms. The van der Waals surface area contributed by atoms with E-state index in [0.717, 1.165) is 12.0 Å². The van der Waals surface area contributed by atoms with Crippen molar-refractivity contribution in [2.75, 3.05) is 13.7 Å². The second-order valence-electron chi connectivity index (χ2n) is 3.09. The Morgan fingerprint density at radius 1 is 1.64 bits per heavy atom. The van der Waals surface area contributed by atoms with Crippen molar-refractivity contribution in [3.8, 4) is 0 Å². The molecule has 1 aromatic heterocycles. The maximum atomic E-state index is 11.2. The van der Waals surface area contributed by atoms with Gasteiger partial charge in [-0.1, -0.05) is 0 Å². The van der Waals surface area contributed by atoms with E-state index in [0.29, 0.717) is 19.6 Å². The number of carbonyl (C=O) groups is 1. The van der Waals surface area contributed by atoms with Gasteiger partial charge in [-0.15, -0.1) is 0 Å². The normalized spacial score (nSPS) is 10.1. The van der Waals surface area contributed by atoms with E-state index >= 15 is 0 Å². The van der Waals surface area contributed by atoms with Crippen molar-refractivity contribution >= 4 is 5.91 Å². The zero-order valence-electron chi connectivity index (χ0n) is 8.38. The van der Waals surface area contributed by atoms with E-state index in [1.807, 2.05) is 18.5 Å². The SMILES string of the molecule is COCCCC(=O)NCc1cc[nH]c1. The number of H-pyrrole nitrogens is 1. The van der Waals surface area contributed by atoms with Crippen LogP contribution in [0.1, 0.15) is 18.4 Å². The Morgan fingerprint density at radius 3 is 3.14 bits per heavy atom. The molecule has 0 saturated heterocycles. The minimum atomic E-state index is 0.0725. The predicted octanol–water partition coefficient (Wildman–Crippen LogP) is 1.06. The lowest BCUT2D eigenvalue weighted by atomic mass is 10.3. The van der Waals surface area contributed by atoms with Crippen LogP contribution in [0.25, 0.3) is 0 Å². The van der Waals surface area contributed by atoms with Crippen LogP contribution in [0.4, 0.5) is 0 Å². The molecule has 4 heteroatoms. The Bertz CT molecular complexity index is 257. The number of carbonyl (C=O) groups excluding carboxylic acids is 1. The molecule has 0 atom stereocenters. The average molecular weight is 196 g/mol. The summed E-state index contributed by atoms with van der Waals surface area (Å²) in [5.74, 6) is 0.0725. The molecule has 1 heterocycles. The Balaban J connectivity index is 2.09. The van der Waals surface area contributed by atoms with E-state index in [1.54, 1.807) is 7.11 Å². The van der Waals surface area contributed by atoms with Gasteiger partial charge >= 0.3 is 0 Å². The molecule has 0 aliphatic heterocycles. The number of ether oxygens (including phenoxy) is 1. The molecule has 1 rings (SSSR count). The summed E-state index contributed by atoms with van der Waals surface area (Å²) in [5, 5.41) is 2.83. The molecule has 0 aromatic carbocycles. The third-order valence-electron chi connectivity index (χ3n) is 1.90. The van der Waals surface area contributed by atoms with Crippen molar-refractivity contribution in [1.82, 2.24) is 10.3 Å². The molecule has 0 saturated carbocycles. The minimum absolute atomic E-state index is 0.0725. The van der Waals surface area contributed by atoms with E-state index in [1.165, 1.54) is 0 Å². The van der Waals surface area contributed by atoms with Crippen LogP contribution in [0, 0.1) is 0 Å². The van der Waals surface area contributed by atoms with E-state index < -0.39 is 0 Å². The number of aromatic nitrogens is 1. The van der Waals surface area contributed by atoms with Crippen LogP contribution in [0.2, 0.25) is 0 Å². The summed E-state index contributed by atoms with van der Waals surface area (Å²) in [4.78, 5) is 14.2. The van der Waals surface area contributed by atoms with E-state index in [9.17, 15) is 4.79 Å². The first kappa shape index (κ1) is 10.8. The van der Waals surface area contributed by atoms with Crippen molar-refractivity contribution in [3.63, 3.8) is 0 Å². The summed E-state index contributed by atoms with van der Waals surface area (Å²) in [6.45, 7) is 1.23. The van der Waals surface area contributed by atoms with Gasteiger partial charge in [0.15, 0.2) is 0 Å². The fourth-order valence-corrected chi connectivity index (χ4v) is 1.13. The van der Waals surface area contributed by atoms with Crippen molar-refractivity contribution < 1.29 is 9.53 Å². The zero-order valence-corrected chi connectivity index (χ0v) is 8.38. The molecular weight excluding hydrogens is 180 g/mol. The molecule has 0 spiro atoms. The van der Waals surface area contributed by atoms with Crippen LogP contribution in [0.15, 0.2) is 18.5 Å². The first-order valence-electron chi connectivity index (χ1n) is 4.70. The highest BCUT2D eigenvalue weighted by molar-refractivity contribution is 5.75. The molecule has 0 aliphatic rings. The third-order valence-corrected chi connectivity index (χ3v) is 1.90. The van der Waals surface area contributed by atoms with E-state index in [4.69, 9.17) is 4.74 Å². The van der Waals surface area contributed by atoms with Gasteiger partial charge in [-0.25, -0.2) is 0 Å². The number of amides is 1. The monoisotopic (exact) mass is 196 g/mol. The molecule has 0 aliphatic carbocycles. The van der Waals surface area contributed by atoms with Gasteiger partial charge in [-0.3, -0.25) is 4.79 Å². The maximum Gasteiger partial charge on any atom is 0.220 e. The van der Waals surface area contributed by atoms with E-state index in [-0.39, 0.29) is 5.91 Å². The van der Waals surface area contributed by atoms with Crippen molar-refractivity contribution in [3.05, 3.63) is 24.0 Å². The fourth-order valence-electron chi connectivity index (χ4n) is 1.13. The standard InChI is InChI=1S/C10H16N2O2/c1-14-6-2-3-10(13)12-8-9-4-5-11-7-9/h4-5,7,11H,2-3,6,8H2,1H3,(H,12,13). The van der Waals surface area contributed by atoms with Crippen LogP contribution < -0.4 is 5.32 Å². The highest BCUT2D eigenvalue weighted by Gasteiger charge is 2.00. The minimum Gasteiger partial charge on any atom is -0.385 e. The summed E-state index contributed by atoms with van der Waals surface area (Å²) in [6, 6.07) is 1.94. The average Bonchev–Trinajstić information content (AvgIpc) is 2.68. The Kier molecular flexibility index (Phi) is 4.78. The summed E-state index contributed by atoms with van der Waals surface area (Å²) in [6.07, 6.45) is 5.01. The first-order valence-corrected chi connectivity index (χ1v) is 4.70. The number of rotatable bonds is 6. The van der Waals surface area contributed by atoms with Crippen molar-refractivity contribution in [2.45, 2.75) is 19.4 Å². The number of hydrogen-bond donors (Lipinski definition) is 2. The van der Waals surface area contributed by atoms with Gasteiger partial charge in [0.25, 0.3) is 0 Å². The van der Waals surface area contributed by atoms with Gasteiger partial charge < -0.3 is 15.0 Å². The quantitative estimate of drug-likeness (QED) is 0.668. The van der Waals surface area contributed by atoms with Crippen molar-refractivity contribution in [1.29, 1.82) is 0 Å². The smallest absolute Gasteiger partial charge is 0.220 e. The Hall–Kier alpha value is -1.29. The predicted molar refractivity (Wildman–Crippen MR) is 53.7 cm³/mol. The first-order chi connectivity index (χ1) is 6.83. The Labute approximate surface area is 83.7 Å². The molecule has 14 heavy (non-hydrogen) atoms. The molecule has 78 valence electrons. The Morgan fingerprint density at radius 2 is 2.50 bits per heavy atom. The zero-order chi connectivity index (χ0) is 10.2. The van der Waals surface area contributed by atoms with Crippen LogP contribution in [0.5, 0.6) is 0 Å². The van der Waals surface area contributed by atoms with Gasteiger partial charge in [-0.05, 0) is 18.1 Å². The molecular formula is C10H16N2O2. The number of nitrogens with one attached hydrogen (secondary N) is 2. The maximum absolute atomic E-state index is 11.2. The second-order valence-corrected chi connectivity index (χ2v) is 3.09. The molecule has 1 aromatic rings. The van der Waals surface area contributed by atoms with Crippen molar-refractivity contribution in [2.24, 2.45) is 0 Å². The third kappa shape index (κ3) is 4.09. The highest BCUT2D eigenvalue weighted by Crippen LogP contribution is 1.96. The van der Waals surface area contributed by atoms with E-state index in [2.05, 4.69) is 10.3 Å². The largest absolute Gasteiger partial charge is 0.385 e. The van der Waals surface area contributed by atoms with Crippen LogP contribution in [0.3, 0.4) is 0 Å². The van der Waals surface area contributed by atoms with Gasteiger partial charge in [0, 0.05) is 39.1 Å². The highest BCUT2D eigenvalue weighted by atomic mass is 16.5. The fraction of sp³-hybridized carbons (Fsp3) is 0.500. The van der Waals surface area contributed by atoms with Gasteiger partial charge in [0.2, 0.25) is 5.91 Å². The molecule has 0 radical (unpaired) electrons. The lowest BCUT2D eigenvalue weighted by Gasteiger charge is -2.02. The van der Waals surface area contributed by atoms with Crippen LogP contribution in [-0.4, -0.2) is 24.6 Å². The summed E-state index contributed by atoms with van der Waals surface area (Å²) >= 11 is 0. The second kappa shape index (κ2) is 6.21. The lowest BCUT2D eigenvalue weighted by Crippen LogP contribution is -2.22. The van der Waals surface area contributed by atoms with Gasteiger partial charge in [-0.2, -0.15) is 0 Å². The lowest BCUT2D eigenvalue weighted by molar-refractivity contribution is -0.121. The van der Waals surface area contributed by atoms with Crippen LogP contribution in [-0.2, 0) is 16.1 Å². The molecule has 4 nitrogen and oxygen atoms in total. The summed E-state index contributed by atoms with van der Waals surface area (Å²) in [7, 11) is 1.64. The number of aromatic amines is 1.